The Bertz CT molecular complexity index is 1070. The molecule has 0 saturated carbocycles. The van der Waals surface area contributed by atoms with E-state index in [-0.39, 0.29) is 12.8 Å². The zero-order valence-electron chi connectivity index (χ0n) is 20.8. The Morgan fingerprint density at radius 1 is 1.21 bits per heavy atom. The number of rotatable bonds is 6. The first kappa shape index (κ1) is 27.0. The van der Waals surface area contributed by atoms with Gasteiger partial charge in [0.15, 0.2) is 0 Å². The maximum atomic E-state index is 10.9. The molecule has 1 N–H and O–H groups in total. The number of fused-ring (bicyclic) bond motifs is 1. The number of nitrogens with one attached hydrogen (secondary N) is 1. The topological polar surface area (TPSA) is 84.0 Å². The Kier molecular flexibility index (Phi) is 11.2. The molecule has 0 amide bonds. The number of alkyl halides is 1. The van der Waals surface area contributed by atoms with Gasteiger partial charge in [-0.2, -0.15) is 10.2 Å². The zero-order chi connectivity index (χ0) is 24.9. The van der Waals surface area contributed by atoms with Gasteiger partial charge in [-0.1, -0.05) is 43.6 Å². The van der Waals surface area contributed by atoms with Gasteiger partial charge in [0, 0.05) is 17.7 Å². The summed E-state index contributed by atoms with van der Waals surface area (Å²) in [6, 6.07) is 13.8. The van der Waals surface area contributed by atoms with E-state index in [1.54, 1.807) is 19.2 Å². The number of nitrogens with zero attached hydrogens (tertiary/aromatic N) is 3. The number of halogens is 1. The van der Waals surface area contributed by atoms with Gasteiger partial charge in [-0.25, -0.2) is 4.39 Å². The summed E-state index contributed by atoms with van der Waals surface area (Å²) in [5.41, 5.74) is 4.89. The number of ether oxygens (including phenoxy) is 1. The molecule has 1 aliphatic rings. The van der Waals surface area contributed by atoms with Crippen LogP contribution in [0.1, 0.15) is 57.2 Å². The van der Waals surface area contributed by atoms with Crippen molar-refractivity contribution < 1.29 is 13.7 Å². The van der Waals surface area contributed by atoms with Crippen LogP contribution in [-0.2, 0) is 12.8 Å². The molecular weight excluding hydrogens is 431 g/mol. The molecule has 0 atom stereocenters. The molecule has 2 aromatic carbocycles. The molecule has 0 spiro atoms. The highest BCUT2D eigenvalue weighted by atomic mass is 19.1. The van der Waals surface area contributed by atoms with Gasteiger partial charge >= 0.3 is 0 Å². The highest BCUT2D eigenvalue weighted by molar-refractivity contribution is 5.66. The van der Waals surface area contributed by atoms with Crippen LogP contribution in [0.25, 0.3) is 22.8 Å². The predicted molar refractivity (Wildman–Crippen MR) is 134 cm³/mol. The first-order valence-corrected chi connectivity index (χ1v) is 11.8. The van der Waals surface area contributed by atoms with Crippen LogP contribution >= 0.6 is 0 Å². The molecular formula is C27H35FN4O2. The van der Waals surface area contributed by atoms with Crippen LogP contribution in [0.2, 0.25) is 0 Å². The second kappa shape index (κ2) is 14.1. The average Bonchev–Trinajstić information content (AvgIpc) is 3.50. The summed E-state index contributed by atoms with van der Waals surface area (Å²) in [4.78, 5) is 4.57. The van der Waals surface area contributed by atoms with Gasteiger partial charge in [0.05, 0.1) is 11.7 Å². The van der Waals surface area contributed by atoms with Gasteiger partial charge in [-0.3, -0.25) is 0 Å². The Hall–Kier alpha value is -3.24. The molecule has 6 nitrogen and oxygen atoms in total. The fourth-order valence-corrected chi connectivity index (χ4v) is 3.48. The van der Waals surface area contributed by atoms with Crippen LogP contribution in [-0.4, -0.2) is 36.5 Å². The SMILES string of the molecule is CC(C)Oc1ccc(-c2nc(-c3cccc4c3CCC4)no2)cc1C#N.CCC.CNCCF. The van der Waals surface area contributed by atoms with Crippen LogP contribution in [0.3, 0.4) is 0 Å². The minimum absolute atomic E-state index is 0.00290. The van der Waals surface area contributed by atoms with Gasteiger partial charge in [-0.15, -0.1) is 0 Å². The molecule has 0 aliphatic heterocycles. The second-order valence-electron chi connectivity index (χ2n) is 8.21. The molecule has 1 heterocycles. The third-order valence-corrected chi connectivity index (χ3v) is 4.87. The normalized spacial score (nSPS) is 11.6. The largest absolute Gasteiger partial charge is 0.490 e. The lowest BCUT2D eigenvalue weighted by molar-refractivity contribution is 0.241. The zero-order valence-corrected chi connectivity index (χ0v) is 20.8. The monoisotopic (exact) mass is 466 g/mol. The van der Waals surface area contributed by atoms with E-state index in [2.05, 4.69) is 41.4 Å². The van der Waals surface area contributed by atoms with E-state index in [1.807, 2.05) is 32.0 Å². The molecule has 0 saturated heterocycles. The summed E-state index contributed by atoms with van der Waals surface area (Å²) in [6.07, 6.45) is 4.58. The highest BCUT2D eigenvalue weighted by Gasteiger charge is 2.20. The van der Waals surface area contributed by atoms with Crippen molar-refractivity contribution in [2.75, 3.05) is 20.3 Å². The van der Waals surface area contributed by atoms with Crippen LogP contribution in [0.5, 0.6) is 5.75 Å². The summed E-state index contributed by atoms with van der Waals surface area (Å²) in [6.45, 7) is 8.31. The minimum Gasteiger partial charge on any atom is -0.490 e. The number of benzene rings is 2. The fraction of sp³-hybridized carbons (Fsp3) is 0.444. The maximum absolute atomic E-state index is 10.9. The number of hydrogen-bond acceptors (Lipinski definition) is 6. The van der Waals surface area contributed by atoms with E-state index < -0.39 is 0 Å². The van der Waals surface area contributed by atoms with Crippen LogP contribution < -0.4 is 10.1 Å². The minimum atomic E-state index is -0.267. The number of nitriles is 1. The summed E-state index contributed by atoms with van der Waals surface area (Å²) >= 11 is 0. The highest BCUT2D eigenvalue weighted by Crippen LogP contribution is 2.32. The van der Waals surface area contributed by atoms with Crippen molar-refractivity contribution in [3.05, 3.63) is 53.1 Å². The van der Waals surface area contributed by atoms with Gasteiger partial charge < -0.3 is 14.6 Å². The van der Waals surface area contributed by atoms with Crippen molar-refractivity contribution in [2.45, 2.75) is 59.5 Å². The summed E-state index contributed by atoms with van der Waals surface area (Å²) in [5.74, 6) is 1.56. The molecule has 3 aromatic rings. The molecule has 1 aromatic heterocycles. The second-order valence-corrected chi connectivity index (χ2v) is 8.21. The Labute approximate surface area is 202 Å². The van der Waals surface area contributed by atoms with Gasteiger partial charge in [0.1, 0.15) is 18.5 Å². The summed E-state index contributed by atoms with van der Waals surface area (Å²) in [5, 5.41) is 16.2. The van der Waals surface area contributed by atoms with E-state index in [0.717, 1.165) is 18.4 Å². The predicted octanol–water partition coefficient (Wildman–Crippen LogP) is 6.14. The first-order valence-electron chi connectivity index (χ1n) is 11.8. The van der Waals surface area contributed by atoms with Crippen molar-refractivity contribution in [3.63, 3.8) is 0 Å². The lowest BCUT2D eigenvalue weighted by Crippen LogP contribution is -2.08. The Balaban J connectivity index is 0.000000447. The van der Waals surface area contributed by atoms with Crippen molar-refractivity contribution in [1.29, 1.82) is 5.26 Å². The molecule has 4 rings (SSSR count). The lowest BCUT2D eigenvalue weighted by Gasteiger charge is -2.11. The molecule has 0 fully saturated rings. The third kappa shape index (κ3) is 7.39. The van der Waals surface area contributed by atoms with Gasteiger partial charge in [-0.05, 0) is 69.5 Å². The molecule has 0 unspecified atom stereocenters. The first-order chi connectivity index (χ1) is 16.5. The third-order valence-electron chi connectivity index (χ3n) is 4.87. The smallest absolute Gasteiger partial charge is 0.258 e. The van der Waals surface area contributed by atoms with Crippen molar-refractivity contribution in [1.82, 2.24) is 15.5 Å². The van der Waals surface area contributed by atoms with Crippen molar-refractivity contribution in [2.24, 2.45) is 0 Å². The van der Waals surface area contributed by atoms with E-state index in [1.165, 1.54) is 24.0 Å². The molecule has 7 heteroatoms. The molecule has 0 bridgehead atoms. The molecule has 34 heavy (non-hydrogen) atoms. The summed E-state index contributed by atoms with van der Waals surface area (Å²) < 4.78 is 22.1. The number of hydrogen-bond donors (Lipinski definition) is 1. The van der Waals surface area contributed by atoms with E-state index in [0.29, 0.717) is 35.1 Å². The fourth-order valence-electron chi connectivity index (χ4n) is 3.48. The van der Waals surface area contributed by atoms with Crippen LogP contribution in [0.4, 0.5) is 4.39 Å². The molecule has 0 radical (unpaired) electrons. The maximum Gasteiger partial charge on any atom is 0.258 e. The lowest BCUT2D eigenvalue weighted by atomic mass is 10.0. The van der Waals surface area contributed by atoms with Crippen molar-refractivity contribution in [3.8, 4) is 34.7 Å². The number of aryl methyl sites for hydroxylation is 1. The number of aromatic nitrogens is 2. The van der Waals surface area contributed by atoms with Gasteiger partial charge in [0.2, 0.25) is 5.82 Å². The average molecular weight is 467 g/mol. The standard InChI is InChI=1S/C21H19N3O2.C3H8FN.C3H8/c1-13(2)25-19-10-9-15(11-16(19)12-22)21-23-20(24-26-21)18-8-4-6-14-5-3-7-17(14)18;1-5-3-2-4;1-3-2/h4,6,8-11,13H,3,5,7H2,1-2H3;5H,2-3H2,1H3;3H2,1-2H3. The van der Waals surface area contributed by atoms with Crippen LogP contribution in [0.15, 0.2) is 40.9 Å². The molecule has 182 valence electrons. The van der Waals surface area contributed by atoms with Crippen molar-refractivity contribution >= 4 is 0 Å². The van der Waals surface area contributed by atoms with E-state index in [9.17, 15) is 9.65 Å². The summed E-state index contributed by atoms with van der Waals surface area (Å²) in [7, 11) is 1.72. The molecule has 1 aliphatic carbocycles. The Morgan fingerprint density at radius 2 is 1.97 bits per heavy atom. The van der Waals surface area contributed by atoms with E-state index in [4.69, 9.17) is 9.26 Å². The van der Waals surface area contributed by atoms with Crippen LogP contribution in [0, 0.1) is 11.3 Å². The quantitative estimate of drug-likeness (QED) is 0.469. The van der Waals surface area contributed by atoms with E-state index >= 15 is 0 Å². The Morgan fingerprint density at radius 3 is 2.59 bits per heavy atom. The van der Waals surface area contributed by atoms with Gasteiger partial charge in [0.25, 0.3) is 5.89 Å².